The largest absolute Gasteiger partial charge is 0.342 e. The highest BCUT2D eigenvalue weighted by molar-refractivity contribution is 5.83. The van der Waals surface area contributed by atoms with Crippen LogP contribution in [0.15, 0.2) is 30.3 Å². The maximum atomic E-state index is 13.6. The number of piperidine rings is 1. The Hall–Kier alpha value is -1.88. The lowest BCUT2D eigenvalue weighted by atomic mass is 9.78. The Morgan fingerprint density at radius 3 is 2.29 bits per heavy atom. The average molecular weight is 424 g/mol. The number of carbonyl (C=O) groups is 2. The van der Waals surface area contributed by atoms with Crippen molar-refractivity contribution in [2.75, 3.05) is 32.7 Å². The number of amides is 2. The van der Waals surface area contributed by atoms with E-state index in [9.17, 15) is 9.59 Å². The second-order valence-electron chi connectivity index (χ2n) is 10.3. The number of hydrogen-bond acceptors (Lipinski definition) is 3. The van der Waals surface area contributed by atoms with Crippen LogP contribution >= 0.6 is 0 Å². The van der Waals surface area contributed by atoms with Crippen molar-refractivity contribution >= 4 is 11.8 Å². The minimum atomic E-state index is -0.00207. The number of carbonyl (C=O) groups excluding carboxylic acids is 2. The minimum absolute atomic E-state index is 0.00207. The number of piperazine rings is 1. The molecule has 2 amide bonds. The molecule has 0 aromatic heterocycles. The maximum absolute atomic E-state index is 13.6. The van der Waals surface area contributed by atoms with E-state index in [1.54, 1.807) is 0 Å². The average Bonchev–Trinajstić information content (AvgIpc) is 3.66. The summed E-state index contributed by atoms with van der Waals surface area (Å²) < 4.78 is 0. The van der Waals surface area contributed by atoms with Gasteiger partial charge in [-0.1, -0.05) is 49.6 Å². The van der Waals surface area contributed by atoms with Gasteiger partial charge in [0.1, 0.15) is 0 Å². The summed E-state index contributed by atoms with van der Waals surface area (Å²) in [6.45, 7) is 5.11. The van der Waals surface area contributed by atoms with Crippen molar-refractivity contribution in [3.05, 3.63) is 35.9 Å². The molecule has 2 aliphatic carbocycles. The van der Waals surface area contributed by atoms with Crippen LogP contribution in [0.5, 0.6) is 0 Å². The van der Waals surface area contributed by atoms with Gasteiger partial charge in [-0.3, -0.25) is 14.5 Å². The van der Waals surface area contributed by atoms with Gasteiger partial charge in [0, 0.05) is 50.7 Å². The molecule has 0 N–H and O–H groups in total. The Bertz CT molecular complexity index is 785. The van der Waals surface area contributed by atoms with Crippen LogP contribution in [0.25, 0.3) is 0 Å². The van der Waals surface area contributed by atoms with Crippen LogP contribution in [-0.4, -0.2) is 64.8 Å². The van der Waals surface area contributed by atoms with E-state index in [2.05, 4.69) is 40.1 Å². The van der Waals surface area contributed by atoms with Crippen LogP contribution < -0.4 is 0 Å². The van der Waals surface area contributed by atoms with Crippen LogP contribution in [0.1, 0.15) is 63.4 Å². The van der Waals surface area contributed by atoms with Crippen molar-refractivity contribution < 1.29 is 9.59 Å². The maximum Gasteiger partial charge on any atom is 0.227 e. The summed E-state index contributed by atoms with van der Waals surface area (Å²) in [4.78, 5) is 33.0. The van der Waals surface area contributed by atoms with Crippen molar-refractivity contribution in [1.29, 1.82) is 0 Å². The number of nitrogens with zero attached hydrogens (tertiary/aromatic N) is 3. The molecule has 5 heteroatoms. The quantitative estimate of drug-likeness (QED) is 0.742. The van der Waals surface area contributed by atoms with Gasteiger partial charge in [0.2, 0.25) is 11.8 Å². The third kappa shape index (κ3) is 4.52. The number of hydrogen-bond donors (Lipinski definition) is 0. The first-order valence-electron chi connectivity index (χ1n) is 12.5. The summed E-state index contributed by atoms with van der Waals surface area (Å²) in [5.41, 5.74) is 1.49. The fourth-order valence-corrected chi connectivity index (χ4v) is 6.16. The number of rotatable bonds is 4. The molecule has 1 spiro atoms. The molecule has 1 atom stereocenters. The SMILES string of the molecule is O=C(C1CC1)N1CCC[C@H](C(=O)N2CCN(Cc3ccccc3)C3(CCCCC3)C2)C1. The highest BCUT2D eigenvalue weighted by Crippen LogP contribution is 2.38. The first-order valence-corrected chi connectivity index (χ1v) is 12.5. The van der Waals surface area contributed by atoms with Gasteiger partial charge < -0.3 is 9.80 Å². The third-order valence-corrected chi connectivity index (χ3v) is 8.12. The molecule has 168 valence electrons. The van der Waals surface area contributed by atoms with Crippen LogP contribution in [0.3, 0.4) is 0 Å². The minimum Gasteiger partial charge on any atom is -0.342 e. The van der Waals surface area contributed by atoms with Gasteiger partial charge in [0.05, 0.1) is 5.92 Å². The van der Waals surface area contributed by atoms with Crippen LogP contribution in [-0.2, 0) is 16.1 Å². The number of likely N-dealkylation sites (tertiary alicyclic amines) is 1. The fourth-order valence-electron chi connectivity index (χ4n) is 6.16. The molecule has 1 aromatic carbocycles. The molecular formula is C26H37N3O2. The van der Waals surface area contributed by atoms with E-state index in [1.807, 2.05) is 4.90 Å². The van der Waals surface area contributed by atoms with Crippen molar-refractivity contribution in [2.24, 2.45) is 11.8 Å². The van der Waals surface area contributed by atoms with E-state index in [-0.39, 0.29) is 17.4 Å². The second-order valence-corrected chi connectivity index (χ2v) is 10.3. The van der Waals surface area contributed by atoms with Gasteiger partial charge in [-0.2, -0.15) is 0 Å². The summed E-state index contributed by atoms with van der Waals surface area (Å²) in [5.74, 6) is 0.852. The van der Waals surface area contributed by atoms with Gasteiger partial charge in [0.25, 0.3) is 0 Å². The first kappa shape index (κ1) is 21.0. The second kappa shape index (κ2) is 8.93. The van der Waals surface area contributed by atoms with Crippen molar-refractivity contribution in [3.8, 4) is 0 Å². The molecule has 0 radical (unpaired) electrons. The highest BCUT2D eigenvalue weighted by Gasteiger charge is 2.45. The standard InChI is InChI=1S/C26H37N3O2/c30-24(22-11-12-22)27-15-7-10-23(19-27)25(31)28-16-17-29(18-21-8-3-1-4-9-21)26(20-28)13-5-2-6-14-26/h1,3-4,8-9,22-23H,2,5-7,10-20H2/t23-/m0/s1. The Labute approximate surface area is 186 Å². The van der Waals surface area contributed by atoms with Crippen molar-refractivity contribution in [2.45, 2.75) is 69.9 Å². The molecule has 2 heterocycles. The normalized spacial score (nSPS) is 26.8. The first-order chi connectivity index (χ1) is 15.1. The van der Waals surface area contributed by atoms with Crippen molar-refractivity contribution in [3.63, 3.8) is 0 Å². The Balaban J connectivity index is 1.27. The predicted molar refractivity (Wildman–Crippen MR) is 121 cm³/mol. The molecule has 31 heavy (non-hydrogen) atoms. The van der Waals surface area contributed by atoms with E-state index in [4.69, 9.17) is 0 Å². The van der Waals surface area contributed by atoms with Gasteiger partial charge in [0.15, 0.2) is 0 Å². The van der Waals surface area contributed by atoms with Gasteiger partial charge in [-0.15, -0.1) is 0 Å². The fraction of sp³-hybridized carbons (Fsp3) is 0.692. The number of benzene rings is 1. The van der Waals surface area contributed by atoms with E-state index in [1.165, 1.54) is 37.7 Å². The predicted octanol–water partition coefficient (Wildman–Crippen LogP) is 3.68. The van der Waals surface area contributed by atoms with Gasteiger partial charge in [-0.25, -0.2) is 0 Å². The topological polar surface area (TPSA) is 43.9 Å². The zero-order valence-corrected chi connectivity index (χ0v) is 18.8. The smallest absolute Gasteiger partial charge is 0.227 e. The summed E-state index contributed by atoms with van der Waals surface area (Å²) >= 11 is 0. The third-order valence-electron chi connectivity index (χ3n) is 8.12. The highest BCUT2D eigenvalue weighted by atomic mass is 16.2. The van der Waals surface area contributed by atoms with E-state index in [0.29, 0.717) is 18.4 Å². The summed E-state index contributed by atoms with van der Waals surface area (Å²) in [6, 6.07) is 10.8. The lowest BCUT2D eigenvalue weighted by Gasteiger charge is -2.53. The zero-order valence-electron chi connectivity index (χ0n) is 18.8. The zero-order chi connectivity index (χ0) is 21.3. The molecule has 2 saturated carbocycles. The van der Waals surface area contributed by atoms with Crippen LogP contribution in [0, 0.1) is 11.8 Å². The van der Waals surface area contributed by atoms with E-state index < -0.39 is 0 Å². The van der Waals surface area contributed by atoms with E-state index in [0.717, 1.165) is 58.4 Å². The molecule has 4 fully saturated rings. The van der Waals surface area contributed by atoms with Gasteiger partial charge in [-0.05, 0) is 44.1 Å². The summed E-state index contributed by atoms with van der Waals surface area (Å²) in [7, 11) is 0. The Morgan fingerprint density at radius 1 is 0.806 bits per heavy atom. The lowest BCUT2D eigenvalue weighted by molar-refractivity contribution is -0.147. The van der Waals surface area contributed by atoms with Crippen LogP contribution in [0.2, 0.25) is 0 Å². The molecule has 5 rings (SSSR count). The molecule has 2 aliphatic heterocycles. The van der Waals surface area contributed by atoms with Crippen molar-refractivity contribution in [1.82, 2.24) is 14.7 Å². The monoisotopic (exact) mass is 423 g/mol. The molecule has 1 aromatic rings. The van der Waals surface area contributed by atoms with Gasteiger partial charge >= 0.3 is 0 Å². The Morgan fingerprint density at radius 2 is 1.55 bits per heavy atom. The molecular weight excluding hydrogens is 386 g/mol. The molecule has 0 bridgehead atoms. The molecule has 0 unspecified atom stereocenters. The summed E-state index contributed by atoms with van der Waals surface area (Å²) in [5, 5.41) is 0. The molecule has 4 aliphatic rings. The molecule has 2 saturated heterocycles. The molecule has 5 nitrogen and oxygen atoms in total. The summed E-state index contributed by atoms with van der Waals surface area (Å²) in [6.07, 6.45) is 10.2. The lowest BCUT2D eigenvalue weighted by Crippen LogP contribution is -2.64. The Kier molecular flexibility index (Phi) is 6.05. The van der Waals surface area contributed by atoms with Crippen LogP contribution in [0.4, 0.5) is 0 Å². The van der Waals surface area contributed by atoms with E-state index >= 15 is 0 Å².